The van der Waals surface area contributed by atoms with E-state index < -0.39 is 14.9 Å². The largest absolute Gasteiger partial charge is 0.501 e. The first-order valence-corrected chi connectivity index (χ1v) is 8.51. The number of hydrogen-bond acceptors (Lipinski definition) is 4. The Kier molecular flexibility index (Phi) is 8.35. The lowest BCUT2D eigenvalue weighted by Crippen LogP contribution is -2.49. The molecular weight excluding hydrogens is 248 g/mol. The van der Waals surface area contributed by atoms with Crippen LogP contribution in [0.1, 0.15) is 41.0 Å². The first kappa shape index (κ1) is 17.5. The molecule has 0 heterocycles. The van der Waals surface area contributed by atoms with E-state index in [1.165, 1.54) is 0 Å². The Bertz CT molecular complexity index is 261. The molecule has 0 rings (SSSR count). The number of Topliss-reactive ketones (excluding diaryl/α,β-unsaturated/α-hetero) is 1. The number of carbonyl (C=O) groups excluding carboxylic acids is 1. The van der Waals surface area contributed by atoms with Crippen LogP contribution in [0.5, 0.6) is 0 Å². The maximum absolute atomic E-state index is 11.8. The molecule has 0 aromatic carbocycles. The lowest BCUT2D eigenvalue weighted by atomic mass is 10.1. The van der Waals surface area contributed by atoms with Crippen molar-refractivity contribution in [2.24, 2.45) is 0 Å². The molecule has 0 radical (unpaired) electrons. The fourth-order valence-electron chi connectivity index (χ4n) is 1.73. The molecule has 0 aliphatic carbocycles. The summed E-state index contributed by atoms with van der Waals surface area (Å²) < 4.78 is 17.3. The molecule has 18 heavy (non-hydrogen) atoms. The predicted octanol–water partition coefficient (Wildman–Crippen LogP) is 2.96. The van der Waals surface area contributed by atoms with Gasteiger partial charge < -0.3 is 13.3 Å². The molecule has 0 saturated heterocycles. The van der Waals surface area contributed by atoms with Crippen molar-refractivity contribution in [2.45, 2.75) is 53.2 Å². The highest BCUT2D eigenvalue weighted by atomic mass is 28.4. The molecule has 0 fully saturated rings. The Balaban J connectivity index is 4.83. The van der Waals surface area contributed by atoms with Crippen molar-refractivity contribution in [3.8, 4) is 0 Å². The van der Waals surface area contributed by atoms with E-state index >= 15 is 0 Å². The predicted molar refractivity (Wildman–Crippen MR) is 74.5 cm³/mol. The summed E-state index contributed by atoms with van der Waals surface area (Å²) in [6.45, 7) is 14.0. The zero-order chi connectivity index (χ0) is 14.2. The first-order valence-electron chi connectivity index (χ1n) is 6.57. The second-order valence-electron chi connectivity index (χ2n) is 4.20. The summed E-state index contributed by atoms with van der Waals surface area (Å²) in [4.78, 5) is 11.8. The highest BCUT2D eigenvalue weighted by Crippen LogP contribution is 2.21. The van der Waals surface area contributed by atoms with Gasteiger partial charge in [-0.1, -0.05) is 19.9 Å². The molecule has 0 spiro atoms. The summed E-state index contributed by atoms with van der Waals surface area (Å²) in [6.07, 6.45) is 0.346. The van der Waals surface area contributed by atoms with E-state index in [2.05, 4.69) is 6.58 Å². The van der Waals surface area contributed by atoms with Crippen molar-refractivity contribution in [3.05, 3.63) is 12.2 Å². The van der Waals surface area contributed by atoms with Crippen LogP contribution in [-0.4, -0.2) is 33.9 Å². The minimum absolute atomic E-state index is 0.0950. The van der Waals surface area contributed by atoms with E-state index in [-0.39, 0.29) is 5.78 Å². The minimum atomic E-state index is -2.73. The van der Waals surface area contributed by atoms with Crippen molar-refractivity contribution >= 4 is 14.6 Å². The molecular formula is C13H26O4Si. The Labute approximate surface area is 112 Å². The number of carbonyl (C=O) groups is 1. The Morgan fingerprint density at radius 1 is 1.22 bits per heavy atom. The van der Waals surface area contributed by atoms with Gasteiger partial charge in [-0.25, -0.2) is 0 Å². The van der Waals surface area contributed by atoms with Gasteiger partial charge >= 0.3 is 8.80 Å². The minimum Gasteiger partial charge on any atom is -0.374 e. The molecule has 0 amide bonds. The molecule has 0 saturated carbocycles. The second kappa shape index (κ2) is 8.58. The quantitative estimate of drug-likeness (QED) is 0.454. The van der Waals surface area contributed by atoms with Crippen molar-refractivity contribution in [1.29, 1.82) is 0 Å². The van der Waals surface area contributed by atoms with Gasteiger partial charge in [0.25, 0.3) is 0 Å². The fraction of sp³-hybridized carbons (Fsp3) is 0.769. The smallest absolute Gasteiger partial charge is 0.374 e. The molecule has 0 aliphatic heterocycles. The molecule has 0 aliphatic rings. The molecule has 4 nitrogen and oxygen atoms in total. The normalized spacial score (nSPS) is 13.4. The van der Waals surface area contributed by atoms with Crippen molar-refractivity contribution in [3.63, 3.8) is 0 Å². The molecule has 1 unspecified atom stereocenters. The number of rotatable bonds is 10. The van der Waals surface area contributed by atoms with Crippen LogP contribution in [0.3, 0.4) is 0 Å². The van der Waals surface area contributed by atoms with E-state index in [1.54, 1.807) is 13.8 Å². The Morgan fingerprint density at radius 3 is 2.06 bits per heavy atom. The van der Waals surface area contributed by atoms with Gasteiger partial charge in [0.15, 0.2) is 5.78 Å². The molecule has 0 aromatic heterocycles. The van der Waals surface area contributed by atoms with Crippen LogP contribution in [-0.2, 0) is 18.1 Å². The zero-order valence-corrected chi connectivity index (χ0v) is 13.2. The van der Waals surface area contributed by atoms with E-state index in [9.17, 15) is 4.79 Å². The van der Waals surface area contributed by atoms with Crippen LogP contribution in [0.4, 0.5) is 0 Å². The summed E-state index contributed by atoms with van der Waals surface area (Å²) in [7, 11) is -2.73. The summed E-state index contributed by atoms with van der Waals surface area (Å²) in [5.41, 5.74) is 0.495. The third-order valence-electron chi connectivity index (χ3n) is 2.43. The molecule has 0 aromatic rings. The van der Waals surface area contributed by atoms with Gasteiger partial charge in [0.2, 0.25) is 0 Å². The van der Waals surface area contributed by atoms with Crippen molar-refractivity contribution in [1.82, 2.24) is 0 Å². The Hall–Kier alpha value is -0.493. The van der Waals surface area contributed by atoms with Crippen molar-refractivity contribution < 1.29 is 18.1 Å². The topological polar surface area (TPSA) is 44.8 Å². The van der Waals surface area contributed by atoms with Gasteiger partial charge in [-0.15, -0.1) is 0 Å². The van der Waals surface area contributed by atoms with Crippen LogP contribution < -0.4 is 0 Å². The standard InChI is InChI=1S/C13H26O4Si/c1-7-10-18(15-8-2,16-9-3)17-12(6)13(14)11(4)5/h12H,4,7-10H2,1-3,5-6H3. The Morgan fingerprint density at radius 2 is 1.72 bits per heavy atom. The summed E-state index contributed by atoms with van der Waals surface area (Å²) in [6, 6.07) is 0.725. The van der Waals surface area contributed by atoms with E-state index in [0.717, 1.165) is 12.5 Å². The van der Waals surface area contributed by atoms with Crippen LogP contribution in [0, 0.1) is 0 Å². The van der Waals surface area contributed by atoms with Crippen LogP contribution in [0.15, 0.2) is 12.2 Å². The lowest BCUT2D eigenvalue weighted by molar-refractivity contribution is -0.123. The van der Waals surface area contributed by atoms with Crippen LogP contribution >= 0.6 is 0 Å². The molecule has 0 bridgehead atoms. The second-order valence-corrected chi connectivity index (χ2v) is 6.88. The fourth-order valence-corrected chi connectivity index (χ4v) is 4.49. The summed E-state index contributed by atoms with van der Waals surface area (Å²) in [5, 5.41) is 0. The average Bonchev–Trinajstić information content (AvgIpc) is 2.28. The number of ketones is 1. The molecule has 0 N–H and O–H groups in total. The maximum Gasteiger partial charge on any atom is 0.501 e. The number of hydrogen-bond donors (Lipinski definition) is 0. The highest BCUT2D eigenvalue weighted by Gasteiger charge is 2.42. The van der Waals surface area contributed by atoms with E-state index in [4.69, 9.17) is 13.3 Å². The third-order valence-corrected chi connectivity index (χ3v) is 5.71. The van der Waals surface area contributed by atoms with E-state index in [0.29, 0.717) is 18.8 Å². The van der Waals surface area contributed by atoms with Crippen molar-refractivity contribution in [2.75, 3.05) is 13.2 Å². The molecule has 106 valence electrons. The van der Waals surface area contributed by atoms with Gasteiger partial charge in [0, 0.05) is 19.3 Å². The van der Waals surface area contributed by atoms with Gasteiger partial charge in [-0.05, 0) is 33.3 Å². The monoisotopic (exact) mass is 274 g/mol. The molecule has 1 atom stereocenters. The van der Waals surface area contributed by atoms with Gasteiger partial charge in [-0.3, -0.25) is 4.79 Å². The molecule has 5 heteroatoms. The van der Waals surface area contributed by atoms with Gasteiger partial charge in [-0.2, -0.15) is 0 Å². The van der Waals surface area contributed by atoms with Crippen LogP contribution in [0.25, 0.3) is 0 Å². The van der Waals surface area contributed by atoms with E-state index in [1.807, 2.05) is 20.8 Å². The zero-order valence-electron chi connectivity index (χ0n) is 12.2. The first-order chi connectivity index (χ1) is 8.42. The third kappa shape index (κ3) is 5.43. The lowest BCUT2D eigenvalue weighted by Gasteiger charge is -2.31. The van der Waals surface area contributed by atoms with Gasteiger partial charge in [0.05, 0.1) is 0 Å². The van der Waals surface area contributed by atoms with Crippen LogP contribution in [0.2, 0.25) is 6.04 Å². The summed E-state index contributed by atoms with van der Waals surface area (Å²) in [5.74, 6) is -0.0950. The average molecular weight is 274 g/mol. The highest BCUT2D eigenvalue weighted by molar-refractivity contribution is 6.61. The maximum atomic E-state index is 11.8. The summed E-state index contributed by atoms with van der Waals surface area (Å²) >= 11 is 0. The van der Waals surface area contributed by atoms with Gasteiger partial charge in [0.1, 0.15) is 6.10 Å². The SMILES string of the molecule is C=C(C)C(=O)C(C)O[Si](CCC)(OCC)OCC.